The average molecular weight is 337 g/mol. The third kappa shape index (κ3) is 19.1. The Kier molecular flexibility index (Phi) is 34.5. The summed E-state index contributed by atoms with van der Waals surface area (Å²) < 4.78 is 5.50. The van der Waals surface area contributed by atoms with Crippen LogP contribution in [-0.4, -0.2) is 48.1 Å². The molecule has 5 heteroatoms. The molecule has 4 nitrogen and oxygen atoms in total. The Morgan fingerprint density at radius 3 is 1.72 bits per heavy atom. The van der Waals surface area contributed by atoms with E-state index in [1.54, 1.807) is 35.2 Å². The maximum absolute atomic E-state index is 5.50. The molecule has 0 radical (unpaired) electrons. The van der Waals surface area contributed by atoms with Gasteiger partial charge in [-0.1, -0.05) is 13.3 Å². The Labute approximate surface area is 134 Å². The van der Waals surface area contributed by atoms with E-state index in [4.69, 9.17) is 4.74 Å². The van der Waals surface area contributed by atoms with Gasteiger partial charge >= 0.3 is 26.2 Å². The number of nitrogens with zero attached hydrogens (tertiary/aromatic N) is 3. The van der Waals surface area contributed by atoms with Gasteiger partial charge in [0.15, 0.2) is 0 Å². The molecule has 1 aliphatic rings. The predicted octanol–water partition coefficient (Wildman–Crippen LogP) is 3.84. The fourth-order valence-corrected chi connectivity index (χ4v) is 1.53. The third-order valence-corrected chi connectivity index (χ3v) is 2.20. The molecule has 1 aliphatic carbocycles. The molecule has 0 aromatic rings. The number of ether oxygens (including phenoxy) is 1. The van der Waals surface area contributed by atoms with Gasteiger partial charge in [0.1, 0.15) is 0 Å². The SMILES string of the molecule is C[N-]C.C[N-]C.C[N-]COC1CCC[C@@H]1C.[CH3-].[Zr+4]. The standard InChI is InChI=1S/C8H16NO.2C2H6N.CH3.Zr/c1-7-4-3-5-8(7)10-6-9-2;2*1-3-2;;/h7-8H,3-6H2,1-2H3;2*1-2H3;1H3;/q4*-1;+4/t7-,8?;;;;/m0..../s1. The van der Waals surface area contributed by atoms with Crippen molar-refractivity contribution in [3.8, 4) is 0 Å². The molecule has 2 atom stereocenters. The van der Waals surface area contributed by atoms with E-state index in [0.717, 1.165) is 5.92 Å². The molecule has 0 spiro atoms. The minimum atomic E-state index is 0. The van der Waals surface area contributed by atoms with Crippen LogP contribution in [0.25, 0.3) is 16.0 Å². The van der Waals surface area contributed by atoms with Crippen LogP contribution in [-0.2, 0) is 30.9 Å². The molecule has 1 rings (SSSR count). The zero-order valence-electron chi connectivity index (χ0n) is 13.2. The van der Waals surface area contributed by atoms with Gasteiger partial charge in [-0.2, -0.15) is 35.2 Å². The van der Waals surface area contributed by atoms with Crippen molar-refractivity contribution < 1.29 is 30.9 Å². The second-order valence-corrected chi connectivity index (χ2v) is 3.95. The number of hydrogen-bond donors (Lipinski definition) is 0. The van der Waals surface area contributed by atoms with Crippen LogP contribution in [0.2, 0.25) is 0 Å². The summed E-state index contributed by atoms with van der Waals surface area (Å²) in [6.07, 6.45) is 4.38. The van der Waals surface area contributed by atoms with E-state index in [2.05, 4.69) is 22.9 Å². The fourth-order valence-electron chi connectivity index (χ4n) is 1.53. The minimum Gasteiger partial charge on any atom is -0.668 e. The van der Waals surface area contributed by atoms with E-state index in [1.807, 2.05) is 0 Å². The summed E-state index contributed by atoms with van der Waals surface area (Å²) in [6, 6.07) is 0. The molecule has 0 amide bonds. The monoisotopic (exact) mass is 335 g/mol. The van der Waals surface area contributed by atoms with Crippen molar-refractivity contribution in [1.29, 1.82) is 0 Å². The molecule has 18 heavy (non-hydrogen) atoms. The van der Waals surface area contributed by atoms with Crippen molar-refractivity contribution in [2.75, 3.05) is 42.0 Å². The molecular formula is C13H31N3OZr. The molecule has 1 unspecified atom stereocenters. The minimum absolute atomic E-state index is 0. The first kappa shape index (κ1) is 27.1. The van der Waals surface area contributed by atoms with Crippen LogP contribution in [0.1, 0.15) is 26.2 Å². The van der Waals surface area contributed by atoms with E-state index in [-0.39, 0.29) is 33.6 Å². The van der Waals surface area contributed by atoms with Gasteiger partial charge in [-0.25, -0.2) is 0 Å². The zero-order valence-corrected chi connectivity index (χ0v) is 15.7. The topological polar surface area (TPSA) is 51.5 Å². The molecule has 0 aliphatic heterocycles. The van der Waals surface area contributed by atoms with E-state index in [9.17, 15) is 0 Å². The van der Waals surface area contributed by atoms with Gasteiger partial charge in [0.25, 0.3) is 0 Å². The molecule has 1 fully saturated rings. The smallest absolute Gasteiger partial charge is 0.668 e. The van der Waals surface area contributed by atoms with Crippen LogP contribution < -0.4 is 0 Å². The van der Waals surface area contributed by atoms with Gasteiger partial charge < -0.3 is 28.1 Å². The zero-order chi connectivity index (χ0) is 12.8. The molecule has 0 N–H and O–H groups in total. The maximum atomic E-state index is 5.50. The molecule has 0 aromatic carbocycles. The molecule has 0 bridgehead atoms. The molecule has 0 aromatic heterocycles. The number of hydrogen-bond acceptors (Lipinski definition) is 1. The summed E-state index contributed by atoms with van der Waals surface area (Å²) in [6.45, 7) is 2.84. The Morgan fingerprint density at radius 2 is 1.44 bits per heavy atom. The van der Waals surface area contributed by atoms with Crippen LogP contribution in [0.15, 0.2) is 0 Å². The van der Waals surface area contributed by atoms with Crippen LogP contribution in [0.4, 0.5) is 0 Å². The van der Waals surface area contributed by atoms with Crippen LogP contribution in [0, 0.1) is 13.3 Å². The van der Waals surface area contributed by atoms with Gasteiger partial charge in [-0.3, -0.25) is 0 Å². The van der Waals surface area contributed by atoms with Crippen molar-refractivity contribution in [2.45, 2.75) is 32.3 Å². The quantitative estimate of drug-likeness (QED) is 0.722. The third-order valence-electron chi connectivity index (χ3n) is 2.20. The Balaban J connectivity index is -0.000000106. The van der Waals surface area contributed by atoms with Gasteiger partial charge in [-0.05, 0) is 25.5 Å². The van der Waals surface area contributed by atoms with E-state index >= 15 is 0 Å². The Morgan fingerprint density at radius 1 is 1.00 bits per heavy atom. The molecule has 0 heterocycles. The number of rotatable bonds is 3. The van der Waals surface area contributed by atoms with Crippen LogP contribution in [0.3, 0.4) is 0 Å². The van der Waals surface area contributed by atoms with Crippen LogP contribution >= 0.6 is 0 Å². The maximum Gasteiger partial charge on any atom is 4.00 e. The summed E-state index contributed by atoms with van der Waals surface area (Å²) in [5.41, 5.74) is 0. The summed E-state index contributed by atoms with van der Waals surface area (Å²) in [5, 5.41) is 10.9. The first-order valence-electron chi connectivity index (χ1n) is 5.80. The molecule has 0 saturated heterocycles. The first-order chi connectivity index (χ1) is 7.67. The van der Waals surface area contributed by atoms with Crippen molar-refractivity contribution in [3.05, 3.63) is 23.4 Å². The normalized spacial score (nSPS) is 20.3. The molecule has 108 valence electrons. The Bertz CT molecular complexity index is 127. The van der Waals surface area contributed by atoms with Crippen LogP contribution in [0.5, 0.6) is 0 Å². The van der Waals surface area contributed by atoms with E-state index in [1.165, 1.54) is 19.3 Å². The summed E-state index contributed by atoms with van der Waals surface area (Å²) in [4.78, 5) is 0. The fraction of sp³-hybridized carbons (Fsp3) is 0.923. The van der Waals surface area contributed by atoms with Crippen molar-refractivity contribution in [1.82, 2.24) is 0 Å². The summed E-state index contributed by atoms with van der Waals surface area (Å²) in [5.74, 6) is 0.752. The molecule has 1 saturated carbocycles. The van der Waals surface area contributed by atoms with E-state index in [0.29, 0.717) is 12.8 Å². The van der Waals surface area contributed by atoms with Crippen molar-refractivity contribution >= 4 is 0 Å². The largest absolute Gasteiger partial charge is 4.00 e. The average Bonchev–Trinajstić information content (AvgIpc) is 2.63. The Hall–Kier alpha value is 0.723. The molecular weight excluding hydrogens is 305 g/mol. The van der Waals surface area contributed by atoms with Gasteiger partial charge in [0.05, 0.1) is 6.10 Å². The van der Waals surface area contributed by atoms with Gasteiger partial charge in [-0.15, -0.1) is 0 Å². The van der Waals surface area contributed by atoms with Crippen molar-refractivity contribution in [3.63, 3.8) is 0 Å². The summed E-state index contributed by atoms with van der Waals surface area (Å²) in [7, 11) is 8.79. The first-order valence-corrected chi connectivity index (χ1v) is 5.80. The van der Waals surface area contributed by atoms with Crippen molar-refractivity contribution in [2.24, 2.45) is 5.92 Å². The van der Waals surface area contributed by atoms with E-state index < -0.39 is 0 Å². The predicted molar refractivity (Wildman–Crippen MR) is 78.9 cm³/mol. The van der Waals surface area contributed by atoms with Gasteiger partial charge in [0, 0.05) is 0 Å². The second-order valence-electron chi connectivity index (χ2n) is 3.95. The summed E-state index contributed by atoms with van der Waals surface area (Å²) >= 11 is 0. The van der Waals surface area contributed by atoms with Gasteiger partial charge in [0.2, 0.25) is 0 Å². The second kappa shape index (κ2) is 22.9.